The van der Waals surface area contributed by atoms with Crippen LogP contribution in [0, 0.1) is 0 Å². The van der Waals surface area contributed by atoms with Crippen molar-refractivity contribution >= 4 is 27.4 Å². The Bertz CT molecular complexity index is 1010. The second kappa shape index (κ2) is 8.88. The van der Waals surface area contributed by atoms with Crippen molar-refractivity contribution in [1.82, 2.24) is 4.31 Å². The SMILES string of the molecule is CC(=O)c1ccccc1NC(=O)c1cccc(S(=O)(=O)N(C)C2CCCCC2)c1. The van der Waals surface area contributed by atoms with Gasteiger partial charge in [-0.15, -0.1) is 0 Å². The van der Waals surface area contributed by atoms with E-state index in [0.717, 1.165) is 32.1 Å². The van der Waals surface area contributed by atoms with E-state index in [-0.39, 0.29) is 22.3 Å². The number of carbonyl (C=O) groups is 2. The molecule has 7 heteroatoms. The number of para-hydroxylation sites is 1. The predicted octanol–water partition coefficient (Wildman–Crippen LogP) is 4.09. The molecular weight excluding hydrogens is 388 g/mol. The van der Waals surface area contributed by atoms with E-state index in [4.69, 9.17) is 0 Å². The van der Waals surface area contributed by atoms with Gasteiger partial charge in [-0.05, 0) is 50.1 Å². The van der Waals surface area contributed by atoms with Gasteiger partial charge in [-0.2, -0.15) is 4.31 Å². The van der Waals surface area contributed by atoms with E-state index in [9.17, 15) is 18.0 Å². The molecule has 0 spiro atoms. The monoisotopic (exact) mass is 414 g/mol. The summed E-state index contributed by atoms with van der Waals surface area (Å²) in [6, 6.07) is 12.7. The van der Waals surface area contributed by atoms with Crippen LogP contribution in [0.5, 0.6) is 0 Å². The minimum absolute atomic E-state index is 0.00586. The summed E-state index contributed by atoms with van der Waals surface area (Å²) in [6.45, 7) is 1.43. The number of benzene rings is 2. The first kappa shape index (κ1) is 21.2. The number of carbonyl (C=O) groups excluding carboxylic acids is 2. The molecule has 0 aliphatic heterocycles. The maximum atomic E-state index is 13.1. The van der Waals surface area contributed by atoms with Crippen LogP contribution in [0.4, 0.5) is 5.69 Å². The number of nitrogens with zero attached hydrogens (tertiary/aromatic N) is 1. The van der Waals surface area contributed by atoms with Crippen LogP contribution in [0.2, 0.25) is 0 Å². The molecule has 154 valence electrons. The minimum atomic E-state index is -3.69. The Hall–Kier alpha value is -2.51. The lowest BCUT2D eigenvalue weighted by molar-refractivity contribution is 0.101. The molecule has 0 heterocycles. The van der Waals surface area contributed by atoms with Crippen LogP contribution in [-0.4, -0.2) is 37.5 Å². The van der Waals surface area contributed by atoms with Crippen molar-refractivity contribution in [3.8, 4) is 0 Å². The molecule has 3 rings (SSSR count). The molecular formula is C22H26N2O4S. The summed E-state index contributed by atoms with van der Waals surface area (Å²) >= 11 is 0. The number of hydrogen-bond donors (Lipinski definition) is 1. The maximum absolute atomic E-state index is 13.1. The highest BCUT2D eigenvalue weighted by Crippen LogP contribution is 2.27. The fraction of sp³-hybridized carbons (Fsp3) is 0.364. The highest BCUT2D eigenvalue weighted by atomic mass is 32.2. The molecule has 1 N–H and O–H groups in total. The second-order valence-corrected chi connectivity index (χ2v) is 9.39. The van der Waals surface area contributed by atoms with Crippen LogP contribution in [-0.2, 0) is 10.0 Å². The maximum Gasteiger partial charge on any atom is 0.255 e. The van der Waals surface area contributed by atoms with Crippen molar-refractivity contribution in [2.45, 2.75) is 50.0 Å². The molecule has 29 heavy (non-hydrogen) atoms. The fourth-order valence-electron chi connectivity index (χ4n) is 3.70. The van der Waals surface area contributed by atoms with E-state index in [1.54, 1.807) is 43.4 Å². The van der Waals surface area contributed by atoms with Gasteiger partial charge < -0.3 is 5.32 Å². The molecule has 0 aromatic heterocycles. The van der Waals surface area contributed by atoms with Crippen LogP contribution < -0.4 is 5.32 Å². The number of anilines is 1. The van der Waals surface area contributed by atoms with E-state index in [1.807, 2.05) is 0 Å². The summed E-state index contributed by atoms with van der Waals surface area (Å²) < 4.78 is 27.6. The summed E-state index contributed by atoms with van der Waals surface area (Å²) in [5, 5.41) is 2.71. The highest BCUT2D eigenvalue weighted by molar-refractivity contribution is 7.89. The normalized spacial score (nSPS) is 15.3. The zero-order valence-electron chi connectivity index (χ0n) is 16.7. The molecule has 1 aliphatic rings. The predicted molar refractivity (Wildman–Crippen MR) is 113 cm³/mol. The van der Waals surface area contributed by atoms with Gasteiger partial charge >= 0.3 is 0 Å². The molecule has 1 saturated carbocycles. The van der Waals surface area contributed by atoms with Crippen molar-refractivity contribution in [3.05, 3.63) is 59.7 Å². The van der Waals surface area contributed by atoms with Gasteiger partial charge in [-0.1, -0.05) is 37.5 Å². The zero-order chi connectivity index (χ0) is 21.0. The van der Waals surface area contributed by atoms with Gasteiger partial charge in [0, 0.05) is 24.2 Å². The Morgan fingerprint density at radius 3 is 2.38 bits per heavy atom. The average Bonchev–Trinajstić information content (AvgIpc) is 2.74. The molecule has 2 aromatic rings. The average molecular weight is 415 g/mol. The third kappa shape index (κ3) is 4.74. The van der Waals surface area contributed by atoms with E-state index in [1.165, 1.54) is 23.4 Å². The first-order chi connectivity index (χ1) is 13.8. The van der Waals surface area contributed by atoms with Gasteiger partial charge in [0.2, 0.25) is 10.0 Å². The van der Waals surface area contributed by atoms with Crippen LogP contribution in [0.25, 0.3) is 0 Å². The van der Waals surface area contributed by atoms with Gasteiger partial charge in [-0.25, -0.2) is 8.42 Å². The first-order valence-corrected chi connectivity index (χ1v) is 11.2. The number of hydrogen-bond acceptors (Lipinski definition) is 4. The Balaban J connectivity index is 1.83. The molecule has 0 unspecified atom stereocenters. The van der Waals surface area contributed by atoms with Crippen LogP contribution in [0.15, 0.2) is 53.4 Å². The number of nitrogens with one attached hydrogen (secondary N) is 1. The van der Waals surface area contributed by atoms with Crippen molar-refractivity contribution < 1.29 is 18.0 Å². The van der Waals surface area contributed by atoms with Crippen molar-refractivity contribution in [1.29, 1.82) is 0 Å². The Morgan fingerprint density at radius 1 is 1.00 bits per heavy atom. The van der Waals surface area contributed by atoms with Gasteiger partial charge in [0.05, 0.1) is 10.6 Å². The van der Waals surface area contributed by atoms with Crippen molar-refractivity contribution in [2.24, 2.45) is 0 Å². The van der Waals surface area contributed by atoms with Gasteiger partial charge in [0.1, 0.15) is 0 Å². The van der Waals surface area contributed by atoms with E-state index >= 15 is 0 Å². The Labute approximate surface area is 172 Å². The van der Waals surface area contributed by atoms with Crippen LogP contribution in [0.1, 0.15) is 59.7 Å². The summed E-state index contributed by atoms with van der Waals surface area (Å²) in [6.07, 6.45) is 4.92. The number of amides is 1. The van der Waals surface area contributed by atoms with Gasteiger partial charge in [0.15, 0.2) is 5.78 Å². The summed E-state index contributed by atoms with van der Waals surface area (Å²) in [4.78, 5) is 24.6. The topological polar surface area (TPSA) is 83.5 Å². The van der Waals surface area contributed by atoms with E-state index in [0.29, 0.717) is 11.3 Å². The number of ketones is 1. The zero-order valence-corrected chi connectivity index (χ0v) is 17.5. The molecule has 0 bridgehead atoms. The first-order valence-electron chi connectivity index (χ1n) is 9.80. The van der Waals surface area contributed by atoms with E-state index < -0.39 is 15.9 Å². The Kier molecular flexibility index (Phi) is 6.49. The molecule has 6 nitrogen and oxygen atoms in total. The highest BCUT2D eigenvalue weighted by Gasteiger charge is 2.29. The lowest BCUT2D eigenvalue weighted by Gasteiger charge is -2.30. The van der Waals surface area contributed by atoms with Gasteiger partial charge in [0.25, 0.3) is 5.91 Å². The van der Waals surface area contributed by atoms with Crippen LogP contribution >= 0.6 is 0 Å². The van der Waals surface area contributed by atoms with E-state index in [2.05, 4.69) is 5.32 Å². The van der Waals surface area contributed by atoms with Crippen molar-refractivity contribution in [3.63, 3.8) is 0 Å². The van der Waals surface area contributed by atoms with Crippen LogP contribution in [0.3, 0.4) is 0 Å². The third-order valence-electron chi connectivity index (χ3n) is 5.42. The summed E-state index contributed by atoms with van der Waals surface area (Å²) in [5.74, 6) is -0.623. The lowest BCUT2D eigenvalue weighted by atomic mass is 9.96. The molecule has 1 amide bonds. The Morgan fingerprint density at radius 2 is 1.69 bits per heavy atom. The molecule has 0 atom stereocenters. The molecule has 1 aliphatic carbocycles. The van der Waals surface area contributed by atoms with Gasteiger partial charge in [-0.3, -0.25) is 9.59 Å². The third-order valence-corrected chi connectivity index (χ3v) is 7.32. The summed E-state index contributed by atoms with van der Waals surface area (Å²) in [7, 11) is -2.08. The fourth-order valence-corrected chi connectivity index (χ4v) is 5.16. The molecule has 2 aromatic carbocycles. The molecule has 1 fully saturated rings. The standard InChI is InChI=1S/C22H26N2O4S/c1-16(25)20-13-6-7-14-21(20)23-22(26)17-9-8-12-19(15-17)29(27,28)24(2)18-10-4-3-5-11-18/h6-9,12-15,18H,3-5,10-11H2,1-2H3,(H,23,26). The molecule has 0 saturated heterocycles. The number of sulfonamides is 1. The largest absolute Gasteiger partial charge is 0.321 e. The number of rotatable bonds is 6. The summed E-state index contributed by atoms with van der Waals surface area (Å²) in [5.41, 5.74) is 1.03. The molecule has 0 radical (unpaired) electrons. The quantitative estimate of drug-likeness (QED) is 0.722. The van der Waals surface area contributed by atoms with Crippen molar-refractivity contribution in [2.75, 3.05) is 12.4 Å². The minimum Gasteiger partial charge on any atom is -0.321 e. The second-order valence-electron chi connectivity index (χ2n) is 7.40. The number of Topliss-reactive ketones (excluding diaryl/α,β-unsaturated/α-hetero) is 1. The smallest absolute Gasteiger partial charge is 0.255 e. The lowest BCUT2D eigenvalue weighted by Crippen LogP contribution is -2.38.